The van der Waals surface area contributed by atoms with Gasteiger partial charge in [-0.25, -0.2) is 0 Å². The van der Waals surface area contributed by atoms with Gasteiger partial charge >= 0.3 is 0 Å². The molecule has 2 aromatic carbocycles. The molecule has 1 atom stereocenters. The van der Waals surface area contributed by atoms with Crippen LogP contribution in [0.2, 0.25) is 5.02 Å². The molecule has 2 fully saturated rings. The van der Waals surface area contributed by atoms with Gasteiger partial charge in [0.1, 0.15) is 0 Å². The van der Waals surface area contributed by atoms with E-state index < -0.39 is 0 Å². The summed E-state index contributed by atoms with van der Waals surface area (Å²) in [6.45, 7) is 4.45. The van der Waals surface area contributed by atoms with Crippen molar-refractivity contribution in [3.8, 4) is 0 Å². The summed E-state index contributed by atoms with van der Waals surface area (Å²) in [7, 11) is 0. The average Bonchev–Trinajstić information content (AvgIpc) is 3.05. The van der Waals surface area contributed by atoms with Crippen molar-refractivity contribution in [2.45, 2.75) is 38.3 Å². The fourth-order valence-electron chi connectivity index (χ4n) is 4.78. The minimum atomic E-state index is -0.156. The van der Waals surface area contributed by atoms with Crippen molar-refractivity contribution in [1.82, 2.24) is 9.80 Å². The van der Waals surface area contributed by atoms with Crippen LogP contribution in [0.25, 0.3) is 0 Å². The molecule has 0 aliphatic carbocycles. The number of nitrogens with zero attached hydrogens (tertiary/aromatic N) is 2. The standard InChI is InChI=1S/C24H29BrClN3O.ClH/c25-19-7-5-18(6-8-19)17-29-16-12-24(23(29)30)10-14-28(15-11-24)13-9-22(27)20-3-1-2-4-21(20)26;/h1-8,22H,9-17,27H2;1H. The molecule has 31 heavy (non-hydrogen) atoms. The van der Waals surface area contributed by atoms with Gasteiger partial charge in [0.15, 0.2) is 0 Å². The van der Waals surface area contributed by atoms with Gasteiger partial charge in [-0.1, -0.05) is 57.9 Å². The maximum atomic E-state index is 13.2. The third kappa shape index (κ3) is 5.63. The Bertz CT molecular complexity index is 885. The molecular formula is C24H30BrCl2N3O. The van der Waals surface area contributed by atoms with Crippen LogP contribution in [0.4, 0.5) is 0 Å². The van der Waals surface area contributed by atoms with E-state index in [2.05, 4.69) is 33.0 Å². The Hall–Kier alpha value is -1.11. The van der Waals surface area contributed by atoms with Crippen LogP contribution in [-0.2, 0) is 11.3 Å². The van der Waals surface area contributed by atoms with Crippen molar-refractivity contribution < 1.29 is 4.79 Å². The first-order chi connectivity index (χ1) is 14.5. The average molecular weight is 527 g/mol. The van der Waals surface area contributed by atoms with E-state index in [9.17, 15) is 4.79 Å². The SMILES string of the molecule is Cl.NC(CCN1CCC2(CC1)CCN(Cc1ccc(Br)cc1)C2=O)c1ccccc1Cl. The van der Waals surface area contributed by atoms with Gasteiger partial charge in [-0.15, -0.1) is 12.4 Å². The van der Waals surface area contributed by atoms with Crippen LogP contribution in [0.1, 0.15) is 42.9 Å². The normalized spacial score (nSPS) is 19.5. The van der Waals surface area contributed by atoms with Gasteiger partial charge in [-0.3, -0.25) is 4.79 Å². The highest BCUT2D eigenvalue weighted by Crippen LogP contribution is 2.42. The Balaban J connectivity index is 0.00000272. The van der Waals surface area contributed by atoms with Crippen LogP contribution in [0.15, 0.2) is 53.0 Å². The summed E-state index contributed by atoms with van der Waals surface area (Å²) in [6, 6.07) is 16.0. The smallest absolute Gasteiger partial charge is 0.229 e. The summed E-state index contributed by atoms with van der Waals surface area (Å²) in [5.41, 5.74) is 8.43. The number of carbonyl (C=O) groups is 1. The van der Waals surface area contributed by atoms with Crippen molar-refractivity contribution >= 4 is 45.8 Å². The minimum Gasteiger partial charge on any atom is -0.338 e. The number of piperidine rings is 1. The Morgan fingerprint density at radius 3 is 2.35 bits per heavy atom. The number of hydrogen-bond donors (Lipinski definition) is 1. The fraction of sp³-hybridized carbons (Fsp3) is 0.458. The molecule has 1 unspecified atom stereocenters. The Morgan fingerprint density at radius 1 is 1.03 bits per heavy atom. The first-order valence-electron chi connectivity index (χ1n) is 10.7. The number of benzene rings is 2. The molecular weight excluding hydrogens is 497 g/mol. The molecule has 1 amide bonds. The van der Waals surface area contributed by atoms with Crippen LogP contribution in [0.3, 0.4) is 0 Å². The maximum absolute atomic E-state index is 13.2. The zero-order chi connectivity index (χ0) is 21.1. The second kappa shape index (κ2) is 10.7. The maximum Gasteiger partial charge on any atom is 0.229 e. The summed E-state index contributed by atoms with van der Waals surface area (Å²) in [5.74, 6) is 0.345. The molecule has 2 saturated heterocycles. The summed E-state index contributed by atoms with van der Waals surface area (Å²) in [5, 5.41) is 0.741. The van der Waals surface area contributed by atoms with E-state index in [1.165, 1.54) is 5.56 Å². The number of rotatable bonds is 6. The number of hydrogen-bond acceptors (Lipinski definition) is 3. The highest BCUT2D eigenvalue weighted by Gasteiger charge is 2.47. The predicted molar refractivity (Wildman–Crippen MR) is 133 cm³/mol. The summed E-state index contributed by atoms with van der Waals surface area (Å²) < 4.78 is 1.07. The van der Waals surface area contributed by atoms with Gasteiger partial charge in [0.25, 0.3) is 0 Å². The Kier molecular flexibility index (Phi) is 8.44. The lowest BCUT2D eigenvalue weighted by atomic mass is 9.77. The minimum absolute atomic E-state index is 0. The van der Waals surface area contributed by atoms with Gasteiger partial charge in [0.05, 0.1) is 5.41 Å². The van der Waals surface area contributed by atoms with Gasteiger partial charge < -0.3 is 15.5 Å². The Morgan fingerprint density at radius 2 is 1.68 bits per heavy atom. The monoisotopic (exact) mass is 525 g/mol. The predicted octanol–water partition coefficient (Wildman–Crippen LogP) is 5.43. The van der Waals surface area contributed by atoms with Crippen molar-refractivity contribution in [2.24, 2.45) is 11.1 Å². The van der Waals surface area contributed by atoms with Crippen molar-refractivity contribution in [3.05, 3.63) is 69.2 Å². The molecule has 2 heterocycles. The molecule has 2 aliphatic rings. The van der Waals surface area contributed by atoms with Gasteiger partial charge in [0, 0.05) is 28.6 Å². The molecule has 168 valence electrons. The first kappa shape index (κ1) is 24.5. The molecule has 2 N–H and O–H groups in total. The zero-order valence-electron chi connectivity index (χ0n) is 17.6. The first-order valence-corrected chi connectivity index (χ1v) is 11.9. The molecule has 4 nitrogen and oxygen atoms in total. The number of likely N-dealkylation sites (tertiary alicyclic amines) is 2. The van der Waals surface area contributed by atoms with Crippen molar-refractivity contribution in [3.63, 3.8) is 0 Å². The Labute approximate surface area is 204 Å². The van der Waals surface area contributed by atoms with E-state index in [1.54, 1.807) is 0 Å². The van der Waals surface area contributed by atoms with E-state index >= 15 is 0 Å². The molecule has 2 aromatic rings. The third-order valence-corrected chi connectivity index (χ3v) is 7.63. The molecule has 0 bridgehead atoms. The number of amides is 1. The lowest BCUT2D eigenvalue weighted by molar-refractivity contribution is -0.138. The zero-order valence-corrected chi connectivity index (χ0v) is 20.8. The van der Waals surface area contributed by atoms with Crippen LogP contribution in [0, 0.1) is 5.41 Å². The highest BCUT2D eigenvalue weighted by atomic mass is 79.9. The van der Waals surface area contributed by atoms with Gasteiger partial charge in [-0.2, -0.15) is 0 Å². The second-order valence-corrected chi connectivity index (χ2v) is 9.96. The topological polar surface area (TPSA) is 49.6 Å². The second-order valence-electron chi connectivity index (χ2n) is 8.64. The number of halogens is 3. The van der Waals surface area contributed by atoms with Crippen LogP contribution >= 0.6 is 39.9 Å². The van der Waals surface area contributed by atoms with E-state index in [1.807, 2.05) is 41.3 Å². The largest absolute Gasteiger partial charge is 0.338 e. The van der Waals surface area contributed by atoms with Crippen LogP contribution < -0.4 is 5.73 Å². The van der Waals surface area contributed by atoms with Gasteiger partial charge in [0.2, 0.25) is 5.91 Å². The van der Waals surface area contributed by atoms with E-state index in [4.69, 9.17) is 17.3 Å². The third-order valence-electron chi connectivity index (χ3n) is 6.76. The molecule has 0 aromatic heterocycles. The lowest BCUT2D eigenvalue weighted by Gasteiger charge is -2.38. The molecule has 4 rings (SSSR count). The van der Waals surface area contributed by atoms with Crippen molar-refractivity contribution in [1.29, 1.82) is 0 Å². The van der Waals surface area contributed by atoms with Crippen LogP contribution in [0.5, 0.6) is 0 Å². The van der Waals surface area contributed by atoms with E-state index in [0.29, 0.717) is 12.5 Å². The summed E-state index contributed by atoms with van der Waals surface area (Å²) >= 11 is 9.75. The molecule has 2 aliphatic heterocycles. The lowest BCUT2D eigenvalue weighted by Crippen LogP contribution is -2.45. The summed E-state index contributed by atoms with van der Waals surface area (Å²) in [6.07, 6.45) is 3.75. The quantitative estimate of drug-likeness (QED) is 0.546. The molecule has 0 saturated carbocycles. The summed E-state index contributed by atoms with van der Waals surface area (Å²) in [4.78, 5) is 17.7. The van der Waals surface area contributed by atoms with E-state index in [0.717, 1.165) is 66.9 Å². The fourth-order valence-corrected chi connectivity index (χ4v) is 5.32. The van der Waals surface area contributed by atoms with Gasteiger partial charge in [-0.05, 0) is 74.6 Å². The van der Waals surface area contributed by atoms with Crippen molar-refractivity contribution in [2.75, 3.05) is 26.2 Å². The molecule has 1 spiro atoms. The molecule has 0 radical (unpaired) electrons. The molecule has 7 heteroatoms. The number of carbonyl (C=O) groups excluding carboxylic acids is 1. The van der Waals surface area contributed by atoms with Crippen LogP contribution in [-0.4, -0.2) is 41.9 Å². The number of nitrogens with two attached hydrogens (primary N) is 1. The van der Waals surface area contributed by atoms with E-state index in [-0.39, 0.29) is 23.9 Å². The highest BCUT2D eigenvalue weighted by molar-refractivity contribution is 9.10.